The van der Waals surface area contributed by atoms with E-state index in [2.05, 4.69) is 32.2 Å². The maximum Gasteiger partial charge on any atom is 0.267 e. The number of hydrogen-bond donors (Lipinski definition) is 2. The van der Waals surface area contributed by atoms with Gasteiger partial charge in [-0.2, -0.15) is 0 Å². The Balaban J connectivity index is 1.45. The van der Waals surface area contributed by atoms with Crippen molar-refractivity contribution in [2.45, 2.75) is 13.0 Å². The number of benzene rings is 1. The van der Waals surface area contributed by atoms with Crippen molar-refractivity contribution in [1.82, 2.24) is 34.3 Å². The van der Waals surface area contributed by atoms with E-state index in [-0.39, 0.29) is 16.9 Å². The van der Waals surface area contributed by atoms with Gasteiger partial charge in [-0.1, -0.05) is 36.3 Å². The number of rotatable bonds is 4. The molecule has 6 rings (SSSR count). The molecule has 39 heavy (non-hydrogen) atoms. The molecule has 1 aromatic carbocycles. The molecule has 5 heterocycles. The van der Waals surface area contributed by atoms with Crippen molar-refractivity contribution in [1.29, 1.82) is 0 Å². The number of anilines is 1. The van der Waals surface area contributed by atoms with Gasteiger partial charge in [0.15, 0.2) is 16.4 Å². The van der Waals surface area contributed by atoms with Crippen LogP contribution >= 0.6 is 11.3 Å². The van der Waals surface area contributed by atoms with Crippen LogP contribution in [0.15, 0.2) is 83.5 Å². The summed E-state index contributed by atoms with van der Waals surface area (Å²) in [6.45, 7) is 1.77. The van der Waals surface area contributed by atoms with Gasteiger partial charge in [-0.3, -0.25) is 14.6 Å². The van der Waals surface area contributed by atoms with E-state index >= 15 is 0 Å². The number of hydrogen-bond acceptors (Lipinski definition) is 8. The molecule has 0 aliphatic heterocycles. The van der Waals surface area contributed by atoms with E-state index in [0.29, 0.717) is 33.1 Å². The lowest BCUT2D eigenvalue weighted by molar-refractivity contribution is 0.0941. The number of nitrogens with two attached hydrogens (primary N) is 1. The quantitative estimate of drug-likeness (QED) is 0.333. The molecular weight excluding hydrogens is 512 g/mol. The maximum absolute atomic E-state index is 14.0. The van der Waals surface area contributed by atoms with Crippen molar-refractivity contribution in [2.75, 3.05) is 5.73 Å². The Morgan fingerprint density at radius 2 is 1.87 bits per heavy atom. The summed E-state index contributed by atoms with van der Waals surface area (Å²) in [5, 5.41) is 8.90. The van der Waals surface area contributed by atoms with Gasteiger partial charge in [-0.25, -0.2) is 18.9 Å². The van der Waals surface area contributed by atoms with E-state index in [1.165, 1.54) is 20.3 Å². The van der Waals surface area contributed by atoms with Gasteiger partial charge in [0, 0.05) is 35.7 Å². The third-order valence-corrected chi connectivity index (χ3v) is 6.91. The van der Waals surface area contributed by atoms with Crippen LogP contribution in [0.1, 0.15) is 40.3 Å². The third kappa shape index (κ3) is 4.39. The smallest absolute Gasteiger partial charge is 0.267 e. The predicted octanol–water partition coefficient (Wildman–Crippen LogP) is 3.33. The summed E-state index contributed by atoms with van der Waals surface area (Å²) < 4.78 is 2.95. The van der Waals surface area contributed by atoms with E-state index in [9.17, 15) is 9.59 Å². The summed E-state index contributed by atoms with van der Waals surface area (Å²) in [5.41, 5.74) is 9.04. The van der Waals surface area contributed by atoms with Crippen molar-refractivity contribution in [3.05, 3.63) is 112 Å². The zero-order valence-electron chi connectivity index (χ0n) is 20.6. The highest BCUT2D eigenvalue weighted by Gasteiger charge is 2.25. The normalized spacial score (nSPS) is 11.7. The molecule has 3 N–H and O–H groups in total. The zero-order chi connectivity index (χ0) is 26.9. The van der Waals surface area contributed by atoms with Crippen LogP contribution in [-0.4, -0.2) is 34.9 Å². The summed E-state index contributed by atoms with van der Waals surface area (Å²) >= 11 is 1.30. The Morgan fingerprint density at radius 3 is 2.67 bits per heavy atom. The van der Waals surface area contributed by atoms with E-state index in [1.807, 2.05) is 30.3 Å². The minimum absolute atomic E-state index is 0.0563. The molecule has 0 unspecified atom stereocenters. The van der Waals surface area contributed by atoms with Gasteiger partial charge in [-0.05, 0) is 36.6 Å². The van der Waals surface area contributed by atoms with Crippen molar-refractivity contribution in [2.24, 2.45) is 0 Å². The minimum atomic E-state index is -0.642. The van der Waals surface area contributed by atoms with Crippen LogP contribution < -0.4 is 16.6 Å². The zero-order valence-corrected chi connectivity index (χ0v) is 21.4. The number of thiazole rings is 1. The summed E-state index contributed by atoms with van der Waals surface area (Å²) in [6, 6.07) is 13.9. The Labute approximate surface area is 225 Å². The van der Waals surface area contributed by atoms with Crippen LogP contribution in [0.3, 0.4) is 0 Å². The van der Waals surface area contributed by atoms with Gasteiger partial charge < -0.3 is 11.1 Å². The van der Waals surface area contributed by atoms with Gasteiger partial charge in [0.25, 0.3) is 11.5 Å². The van der Waals surface area contributed by atoms with Crippen LogP contribution in [0, 0.1) is 11.8 Å². The lowest BCUT2D eigenvalue weighted by atomic mass is 10.0. The molecule has 1 atom stereocenters. The van der Waals surface area contributed by atoms with Crippen LogP contribution in [0.25, 0.3) is 21.7 Å². The lowest BCUT2D eigenvalue weighted by Crippen LogP contribution is -2.30. The number of pyridine rings is 1. The maximum atomic E-state index is 14.0. The second kappa shape index (κ2) is 9.85. The first-order chi connectivity index (χ1) is 19.0. The van der Waals surface area contributed by atoms with Gasteiger partial charge in [-0.15, -0.1) is 16.4 Å². The molecule has 1 amide bonds. The second-order valence-electron chi connectivity index (χ2n) is 8.61. The summed E-state index contributed by atoms with van der Waals surface area (Å²) in [4.78, 5) is 40.9. The van der Waals surface area contributed by atoms with E-state index in [0.717, 1.165) is 5.56 Å². The molecule has 0 saturated carbocycles. The predicted molar refractivity (Wildman–Crippen MR) is 148 cm³/mol. The van der Waals surface area contributed by atoms with Crippen LogP contribution in [-0.2, 0) is 0 Å². The molecule has 0 fully saturated rings. The van der Waals surface area contributed by atoms with Crippen LogP contribution in [0.2, 0.25) is 0 Å². The fourth-order valence-corrected chi connectivity index (χ4v) is 5.09. The molecule has 0 saturated heterocycles. The monoisotopic (exact) mass is 532 g/mol. The van der Waals surface area contributed by atoms with Gasteiger partial charge in [0.1, 0.15) is 11.3 Å². The van der Waals surface area contributed by atoms with Gasteiger partial charge in [0.05, 0.1) is 17.3 Å². The van der Waals surface area contributed by atoms with Gasteiger partial charge in [0.2, 0.25) is 0 Å². The van der Waals surface area contributed by atoms with Crippen molar-refractivity contribution < 1.29 is 4.79 Å². The number of carbonyl (C=O) groups excluding carboxylic acids is 1. The van der Waals surface area contributed by atoms with E-state index in [1.54, 1.807) is 55.3 Å². The highest BCUT2D eigenvalue weighted by molar-refractivity contribution is 7.15. The lowest BCUT2D eigenvalue weighted by Gasteiger charge is -2.17. The Morgan fingerprint density at radius 1 is 1.08 bits per heavy atom. The fourth-order valence-electron chi connectivity index (χ4n) is 4.28. The molecule has 10 nitrogen and oxygen atoms in total. The number of nitrogen functional groups attached to an aromatic ring is 1. The molecule has 0 aliphatic carbocycles. The summed E-state index contributed by atoms with van der Waals surface area (Å²) in [6.07, 6.45) is 6.55. The number of carbonyl (C=O) groups is 1. The Bertz CT molecular complexity index is 1970. The number of amides is 1. The molecule has 0 bridgehead atoms. The minimum Gasteiger partial charge on any atom is -0.381 e. The molecule has 0 radical (unpaired) electrons. The number of nitrogens with one attached hydrogen (secondary N) is 1. The fraction of sp³-hybridized carbons (Fsp3) is 0.0714. The highest BCUT2D eigenvalue weighted by Crippen LogP contribution is 2.27. The first-order valence-electron chi connectivity index (χ1n) is 11.9. The third-order valence-electron chi connectivity index (χ3n) is 6.08. The number of fused-ring (bicyclic) bond motifs is 2. The largest absolute Gasteiger partial charge is 0.381 e. The van der Waals surface area contributed by atoms with E-state index in [4.69, 9.17) is 10.7 Å². The van der Waals surface area contributed by atoms with Crippen LogP contribution in [0.4, 0.5) is 5.82 Å². The molecule has 11 heteroatoms. The number of nitrogens with zero attached hydrogens (tertiary/aromatic N) is 6. The van der Waals surface area contributed by atoms with Gasteiger partial charge >= 0.3 is 0 Å². The Kier molecular flexibility index (Phi) is 6.07. The molecular formula is C28H20N8O2S. The average molecular weight is 533 g/mol. The SMILES string of the molecule is C[C@H](NC(=O)c1c(N)nn2cccnc12)c1nc2scc(C#Cc3ccncc3)n2c(=O)c1-c1ccccc1. The highest BCUT2D eigenvalue weighted by atomic mass is 32.1. The van der Waals surface area contributed by atoms with E-state index < -0.39 is 11.9 Å². The first-order valence-corrected chi connectivity index (χ1v) is 12.8. The van der Waals surface area contributed by atoms with Crippen molar-refractivity contribution >= 4 is 33.7 Å². The topological polar surface area (TPSA) is 133 Å². The average Bonchev–Trinajstić information content (AvgIpc) is 3.52. The molecule has 190 valence electrons. The second-order valence-corrected chi connectivity index (χ2v) is 9.45. The summed E-state index contributed by atoms with van der Waals surface area (Å²) in [5.74, 6) is 5.74. The first kappa shape index (κ1) is 24.0. The van der Waals surface area contributed by atoms with Crippen molar-refractivity contribution in [3.63, 3.8) is 0 Å². The molecule has 0 aliphatic rings. The molecule has 5 aromatic heterocycles. The van der Waals surface area contributed by atoms with Crippen LogP contribution in [0.5, 0.6) is 0 Å². The standard InChI is InChI=1S/C28H20N8O2S/c1-17(32-26(37)22-24(29)34-35-15-5-12-31-25(22)35)23-21(19-6-3-2-4-7-19)27(38)36-20(16-39-28(36)33-23)9-8-18-10-13-30-14-11-18/h2-7,10-17H,1H3,(H2,29,34)(H,32,37)/t17-/m0/s1. The molecule has 0 spiro atoms. The van der Waals surface area contributed by atoms with Crippen molar-refractivity contribution in [3.8, 4) is 23.0 Å². The number of aromatic nitrogens is 6. The summed E-state index contributed by atoms with van der Waals surface area (Å²) in [7, 11) is 0. The Hall–Kier alpha value is -5.34. The molecule has 6 aromatic rings.